The number of amides is 2. The monoisotopic (exact) mass is 284 g/mol. The first-order chi connectivity index (χ1) is 9.45. The maximum Gasteiger partial charge on any atom is 0.329 e. The second kappa shape index (κ2) is 5.99. The molecule has 0 aromatic rings. The third-order valence-corrected chi connectivity index (χ3v) is 4.22. The first kappa shape index (κ1) is 15.1. The Hall–Kier alpha value is -1.30. The molecule has 2 rings (SSSR count). The molecule has 0 unspecified atom stereocenters. The Morgan fingerprint density at radius 2 is 1.95 bits per heavy atom. The summed E-state index contributed by atoms with van der Waals surface area (Å²) in [6.07, 6.45) is 4.60. The van der Waals surface area contributed by atoms with Gasteiger partial charge in [-0.3, -0.25) is 0 Å². The molecular weight excluding hydrogens is 260 g/mol. The number of carbonyl (C=O) groups is 2. The van der Waals surface area contributed by atoms with Crippen LogP contribution >= 0.6 is 0 Å². The Morgan fingerprint density at radius 3 is 2.45 bits per heavy atom. The minimum absolute atomic E-state index is 0.0656. The van der Waals surface area contributed by atoms with Crippen LogP contribution in [0.5, 0.6) is 0 Å². The molecule has 1 saturated heterocycles. The summed E-state index contributed by atoms with van der Waals surface area (Å²) in [6, 6.07) is 0.440. The molecule has 2 fully saturated rings. The van der Waals surface area contributed by atoms with E-state index in [-0.39, 0.29) is 12.6 Å². The van der Waals surface area contributed by atoms with E-state index in [1.807, 2.05) is 18.7 Å². The van der Waals surface area contributed by atoms with Crippen LogP contribution in [0.4, 0.5) is 4.79 Å². The van der Waals surface area contributed by atoms with Crippen molar-refractivity contribution < 1.29 is 19.4 Å². The summed E-state index contributed by atoms with van der Waals surface area (Å²) in [5.74, 6) is -0.975. The van der Waals surface area contributed by atoms with Crippen LogP contribution in [0.25, 0.3) is 0 Å². The minimum Gasteiger partial charge on any atom is -0.480 e. The molecule has 0 spiro atoms. The van der Waals surface area contributed by atoms with Gasteiger partial charge in [-0.25, -0.2) is 9.59 Å². The number of hydrogen-bond acceptors (Lipinski definition) is 3. The number of carboxylic acids is 1. The number of aliphatic carboxylic acids is 1. The molecule has 1 heterocycles. The predicted molar refractivity (Wildman–Crippen MR) is 73.6 cm³/mol. The van der Waals surface area contributed by atoms with Crippen LogP contribution in [-0.4, -0.2) is 64.8 Å². The molecule has 0 atom stereocenters. The summed E-state index contributed by atoms with van der Waals surface area (Å²) < 4.78 is 5.33. The highest BCUT2D eigenvalue weighted by atomic mass is 16.5. The normalized spacial score (nSPS) is 21.6. The van der Waals surface area contributed by atoms with Gasteiger partial charge in [-0.15, -0.1) is 0 Å². The molecule has 2 amide bonds. The van der Waals surface area contributed by atoms with Crippen molar-refractivity contribution in [1.82, 2.24) is 9.80 Å². The van der Waals surface area contributed by atoms with Gasteiger partial charge in [-0.1, -0.05) is 12.8 Å². The number of nitrogens with zero attached hydrogens (tertiary/aromatic N) is 2. The molecule has 6 nitrogen and oxygen atoms in total. The smallest absolute Gasteiger partial charge is 0.329 e. The van der Waals surface area contributed by atoms with Crippen molar-refractivity contribution in [2.45, 2.75) is 51.2 Å². The first-order valence-electron chi connectivity index (χ1n) is 7.36. The van der Waals surface area contributed by atoms with Gasteiger partial charge in [0.15, 0.2) is 0 Å². The average Bonchev–Trinajstić information content (AvgIpc) is 2.87. The zero-order valence-corrected chi connectivity index (χ0v) is 12.3. The molecule has 0 aromatic carbocycles. The van der Waals surface area contributed by atoms with E-state index >= 15 is 0 Å². The quantitative estimate of drug-likeness (QED) is 0.831. The van der Waals surface area contributed by atoms with Gasteiger partial charge in [-0.2, -0.15) is 0 Å². The molecule has 6 heteroatoms. The molecule has 0 bridgehead atoms. The van der Waals surface area contributed by atoms with E-state index in [9.17, 15) is 9.59 Å². The standard InChI is InChI=1S/C14H24N2O4/c1-3-16(11-6-4-5-7-11)13(19)15-9-14(2,10-15)20-8-12(17)18/h11H,3-10H2,1-2H3,(H,17,18). The van der Waals surface area contributed by atoms with Crippen LogP contribution in [0.3, 0.4) is 0 Å². The van der Waals surface area contributed by atoms with Gasteiger partial charge in [0.25, 0.3) is 0 Å². The molecule has 0 radical (unpaired) electrons. The zero-order chi connectivity index (χ0) is 14.8. The largest absolute Gasteiger partial charge is 0.480 e. The zero-order valence-electron chi connectivity index (χ0n) is 12.3. The fraction of sp³-hybridized carbons (Fsp3) is 0.857. The summed E-state index contributed by atoms with van der Waals surface area (Å²) >= 11 is 0. The number of hydrogen-bond donors (Lipinski definition) is 1. The van der Waals surface area contributed by atoms with Crippen LogP contribution in [0.2, 0.25) is 0 Å². The van der Waals surface area contributed by atoms with Crippen LogP contribution in [-0.2, 0) is 9.53 Å². The van der Waals surface area contributed by atoms with Crippen molar-refractivity contribution in [3.63, 3.8) is 0 Å². The number of carboxylic acid groups (broad SMARTS) is 1. The Balaban J connectivity index is 1.84. The van der Waals surface area contributed by atoms with Crippen molar-refractivity contribution in [1.29, 1.82) is 0 Å². The first-order valence-corrected chi connectivity index (χ1v) is 7.36. The third kappa shape index (κ3) is 3.23. The fourth-order valence-corrected chi connectivity index (χ4v) is 3.17. The second-order valence-corrected chi connectivity index (χ2v) is 6.00. The highest BCUT2D eigenvalue weighted by Gasteiger charge is 2.44. The van der Waals surface area contributed by atoms with Gasteiger partial charge in [0.05, 0.1) is 13.1 Å². The van der Waals surface area contributed by atoms with E-state index < -0.39 is 11.6 Å². The molecule has 1 N–H and O–H groups in total. The summed E-state index contributed by atoms with van der Waals surface area (Å²) in [5.41, 5.74) is -0.511. The molecule has 1 aliphatic carbocycles. The maximum atomic E-state index is 12.4. The SMILES string of the molecule is CCN(C(=O)N1CC(C)(OCC(=O)O)C1)C1CCCC1. The second-order valence-electron chi connectivity index (χ2n) is 6.00. The summed E-state index contributed by atoms with van der Waals surface area (Å²) in [6.45, 7) is 5.23. The minimum atomic E-state index is -0.975. The van der Waals surface area contributed by atoms with E-state index in [0.717, 1.165) is 19.4 Å². The van der Waals surface area contributed by atoms with Gasteiger partial charge < -0.3 is 19.6 Å². The number of likely N-dealkylation sites (tertiary alicyclic amines) is 1. The maximum absolute atomic E-state index is 12.4. The lowest BCUT2D eigenvalue weighted by atomic mass is 9.97. The third-order valence-electron chi connectivity index (χ3n) is 4.22. The van der Waals surface area contributed by atoms with Crippen LogP contribution < -0.4 is 0 Å². The van der Waals surface area contributed by atoms with E-state index in [1.165, 1.54) is 12.8 Å². The number of urea groups is 1. The van der Waals surface area contributed by atoms with Crippen LogP contribution in [0.1, 0.15) is 39.5 Å². The lowest BCUT2D eigenvalue weighted by Crippen LogP contribution is -2.66. The Labute approximate surface area is 119 Å². The summed E-state index contributed by atoms with van der Waals surface area (Å²) in [7, 11) is 0. The van der Waals surface area contributed by atoms with Crippen molar-refractivity contribution in [3.8, 4) is 0 Å². The van der Waals surface area contributed by atoms with Crippen molar-refractivity contribution >= 4 is 12.0 Å². The Kier molecular flexibility index (Phi) is 4.52. The number of rotatable bonds is 5. The molecular formula is C14H24N2O4. The Morgan fingerprint density at radius 1 is 1.35 bits per heavy atom. The van der Waals surface area contributed by atoms with Crippen molar-refractivity contribution in [2.24, 2.45) is 0 Å². The molecule has 2 aliphatic rings. The van der Waals surface area contributed by atoms with Gasteiger partial charge in [-0.05, 0) is 26.7 Å². The van der Waals surface area contributed by atoms with Gasteiger partial charge in [0.1, 0.15) is 12.2 Å². The summed E-state index contributed by atoms with van der Waals surface area (Å²) in [4.78, 5) is 26.7. The molecule has 0 aromatic heterocycles. The number of carbonyl (C=O) groups excluding carboxylic acids is 1. The fourth-order valence-electron chi connectivity index (χ4n) is 3.17. The van der Waals surface area contributed by atoms with E-state index in [4.69, 9.17) is 9.84 Å². The van der Waals surface area contributed by atoms with Gasteiger partial charge in [0, 0.05) is 12.6 Å². The van der Waals surface area contributed by atoms with E-state index in [1.54, 1.807) is 4.90 Å². The molecule has 1 saturated carbocycles. The Bertz CT molecular complexity index is 373. The molecule has 114 valence electrons. The van der Waals surface area contributed by atoms with Crippen LogP contribution in [0.15, 0.2) is 0 Å². The lowest BCUT2D eigenvalue weighted by Gasteiger charge is -2.49. The number of ether oxygens (including phenoxy) is 1. The molecule has 1 aliphatic heterocycles. The summed E-state index contributed by atoms with van der Waals surface area (Å²) in [5, 5.41) is 8.63. The topological polar surface area (TPSA) is 70.1 Å². The van der Waals surface area contributed by atoms with E-state index in [2.05, 4.69) is 0 Å². The average molecular weight is 284 g/mol. The lowest BCUT2D eigenvalue weighted by molar-refractivity contribution is -0.160. The predicted octanol–water partition coefficient (Wildman–Crippen LogP) is 1.55. The van der Waals surface area contributed by atoms with Crippen LogP contribution in [0, 0.1) is 0 Å². The highest BCUT2D eigenvalue weighted by Crippen LogP contribution is 2.29. The van der Waals surface area contributed by atoms with Crippen molar-refractivity contribution in [2.75, 3.05) is 26.2 Å². The molecule has 20 heavy (non-hydrogen) atoms. The van der Waals surface area contributed by atoms with Gasteiger partial charge in [0.2, 0.25) is 0 Å². The van der Waals surface area contributed by atoms with Crippen molar-refractivity contribution in [3.05, 3.63) is 0 Å². The van der Waals surface area contributed by atoms with Gasteiger partial charge >= 0.3 is 12.0 Å². The highest BCUT2D eigenvalue weighted by molar-refractivity contribution is 5.76. The van der Waals surface area contributed by atoms with E-state index in [0.29, 0.717) is 19.1 Å².